The number of piperidine rings is 1. The van der Waals surface area contributed by atoms with E-state index in [4.69, 9.17) is 4.74 Å². The van der Waals surface area contributed by atoms with Crippen molar-refractivity contribution in [1.82, 2.24) is 9.80 Å². The summed E-state index contributed by atoms with van der Waals surface area (Å²) < 4.78 is 4.78. The van der Waals surface area contributed by atoms with Crippen LogP contribution in [0.25, 0.3) is 0 Å². The van der Waals surface area contributed by atoms with Gasteiger partial charge in [-0.15, -0.1) is 0 Å². The van der Waals surface area contributed by atoms with Gasteiger partial charge in [-0.1, -0.05) is 30.3 Å². The summed E-state index contributed by atoms with van der Waals surface area (Å²) >= 11 is 0. The van der Waals surface area contributed by atoms with Crippen molar-refractivity contribution in [1.29, 1.82) is 0 Å². The van der Waals surface area contributed by atoms with Crippen LogP contribution in [0.1, 0.15) is 24.8 Å². The normalized spacial score (nSPS) is 21.1. The molecule has 0 radical (unpaired) electrons. The van der Waals surface area contributed by atoms with Gasteiger partial charge in [0.1, 0.15) is 0 Å². The van der Waals surface area contributed by atoms with E-state index in [1.807, 2.05) is 18.2 Å². The number of methoxy groups -OCH3 is 1. The van der Waals surface area contributed by atoms with Crippen molar-refractivity contribution in [3.63, 3.8) is 0 Å². The highest BCUT2D eigenvalue weighted by atomic mass is 16.5. The lowest BCUT2D eigenvalue weighted by atomic mass is 9.95. The van der Waals surface area contributed by atoms with Crippen molar-refractivity contribution in [3.05, 3.63) is 35.9 Å². The lowest BCUT2D eigenvalue weighted by Crippen LogP contribution is -2.44. The molecule has 0 N–H and O–H groups in total. The van der Waals surface area contributed by atoms with E-state index >= 15 is 0 Å². The van der Waals surface area contributed by atoms with Crippen LogP contribution in [0.2, 0.25) is 0 Å². The molecule has 2 saturated heterocycles. The lowest BCUT2D eigenvalue weighted by Gasteiger charge is -2.32. The van der Waals surface area contributed by atoms with Crippen LogP contribution in [0.5, 0.6) is 0 Å². The molecule has 140 valence electrons. The molecule has 1 atom stereocenters. The zero-order chi connectivity index (χ0) is 18.5. The van der Waals surface area contributed by atoms with E-state index in [-0.39, 0.29) is 29.6 Å². The van der Waals surface area contributed by atoms with E-state index in [1.54, 1.807) is 9.80 Å². The Bertz CT molecular complexity index is 653. The second-order valence-electron chi connectivity index (χ2n) is 7.10. The van der Waals surface area contributed by atoms with Crippen LogP contribution in [0.3, 0.4) is 0 Å². The summed E-state index contributed by atoms with van der Waals surface area (Å²) in [7, 11) is 1.40. The highest BCUT2D eigenvalue weighted by Gasteiger charge is 2.37. The van der Waals surface area contributed by atoms with Crippen molar-refractivity contribution in [2.24, 2.45) is 11.8 Å². The number of rotatable bonds is 5. The summed E-state index contributed by atoms with van der Waals surface area (Å²) in [4.78, 5) is 40.2. The van der Waals surface area contributed by atoms with Gasteiger partial charge in [0, 0.05) is 32.6 Å². The summed E-state index contributed by atoms with van der Waals surface area (Å²) in [6.07, 6.45) is 2.37. The van der Waals surface area contributed by atoms with Crippen LogP contribution in [0.15, 0.2) is 30.3 Å². The van der Waals surface area contributed by atoms with Crippen LogP contribution in [-0.2, 0) is 25.5 Å². The maximum atomic E-state index is 12.7. The van der Waals surface area contributed by atoms with Gasteiger partial charge in [0.15, 0.2) is 0 Å². The molecule has 0 aromatic heterocycles. The molecular weight excluding hydrogens is 332 g/mol. The maximum Gasteiger partial charge on any atom is 0.308 e. The Morgan fingerprint density at radius 3 is 2.46 bits per heavy atom. The minimum Gasteiger partial charge on any atom is -0.469 e. The second kappa shape index (κ2) is 8.34. The SMILES string of the molecule is COC(=O)C1CCN(C(=O)C2CC(=O)N(CCc3ccccc3)C2)CC1. The monoisotopic (exact) mass is 358 g/mol. The van der Waals surface area contributed by atoms with Gasteiger partial charge in [0.05, 0.1) is 18.9 Å². The number of benzene rings is 1. The first-order valence-electron chi connectivity index (χ1n) is 9.27. The minimum atomic E-state index is -0.257. The number of amides is 2. The predicted octanol–water partition coefficient (Wildman–Crippen LogP) is 1.49. The van der Waals surface area contributed by atoms with Crippen LogP contribution < -0.4 is 0 Å². The molecule has 1 unspecified atom stereocenters. The van der Waals surface area contributed by atoms with Gasteiger partial charge in [-0.3, -0.25) is 14.4 Å². The smallest absolute Gasteiger partial charge is 0.308 e. The molecule has 1 aromatic carbocycles. The number of esters is 1. The van der Waals surface area contributed by atoms with Crippen molar-refractivity contribution >= 4 is 17.8 Å². The molecule has 2 amide bonds. The predicted molar refractivity (Wildman–Crippen MR) is 96.2 cm³/mol. The van der Waals surface area contributed by atoms with Crippen molar-refractivity contribution < 1.29 is 19.1 Å². The maximum absolute atomic E-state index is 12.7. The summed E-state index contributed by atoms with van der Waals surface area (Å²) in [5, 5.41) is 0. The van der Waals surface area contributed by atoms with E-state index in [2.05, 4.69) is 12.1 Å². The number of carbonyl (C=O) groups excluding carboxylic acids is 3. The molecule has 0 bridgehead atoms. The molecule has 2 heterocycles. The first-order valence-corrected chi connectivity index (χ1v) is 9.27. The Morgan fingerprint density at radius 2 is 1.81 bits per heavy atom. The Hall–Kier alpha value is -2.37. The van der Waals surface area contributed by atoms with Crippen molar-refractivity contribution in [2.75, 3.05) is 33.3 Å². The average molecular weight is 358 g/mol. The highest BCUT2D eigenvalue weighted by molar-refractivity contribution is 5.89. The average Bonchev–Trinajstić information content (AvgIpc) is 3.06. The number of hydrogen-bond donors (Lipinski definition) is 0. The van der Waals surface area contributed by atoms with Gasteiger partial charge >= 0.3 is 5.97 Å². The lowest BCUT2D eigenvalue weighted by molar-refractivity contribution is -0.149. The molecule has 2 aliphatic heterocycles. The van der Waals surface area contributed by atoms with Crippen molar-refractivity contribution in [3.8, 4) is 0 Å². The highest BCUT2D eigenvalue weighted by Crippen LogP contribution is 2.24. The number of nitrogens with zero attached hydrogens (tertiary/aromatic N) is 2. The summed E-state index contributed by atoms with van der Waals surface area (Å²) in [6.45, 7) is 2.28. The molecule has 0 spiro atoms. The molecule has 2 fully saturated rings. The zero-order valence-corrected chi connectivity index (χ0v) is 15.2. The number of ether oxygens (including phenoxy) is 1. The van der Waals surface area contributed by atoms with Gasteiger partial charge in [0.25, 0.3) is 0 Å². The molecule has 2 aliphatic rings. The second-order valence-corrected chi connectivity index (χ2v) is 7.10. The fourth-order valence-corrected chi connectivity index (χ4v) is 3.82. The zero-order valence-electron chi connectivity index (χ0n) is 15.2. The third kappa shape index (κ3) is 4.23. The fourth-order valence-electron chi connectivity index (χ4n) is 3.82. The molecular formula is C20H26N2O4. The van der Waals surface area contributed by atoms with E-state index < -0.39 is 0 Å². The Kier molecular flexibility index (Phi) is 5.91. The van der Waals surface area contributed by atoms with Gasteiger partial charge in [-0.25, -0.2) is 0 Å². The van der Waals surface area contributed by atoms with Crippen molar-refractivity contribution in [2.45, 2.75) is 25.7 Å². The van der Waals surface area contributed by atoms with E-state index in [1.165, 1.54) is 12.7 Å². The van der Waals surface area contributed by atoms with Gasteiger partial charge < -0.3 is 14.5 Å². The summed E-state index contributed by atoms with van der Waals surface area (Å²) in [5.74, 6) is -0.461. The molecule has 3 rings (SSSR count). The Balaban J connectivity index is 1.49. The number of hydrogen-bond acceptors (Lipinski definition) is 4. The van der Waals surface area contributed by atoms with Gasteiger partial charge in [-0.2, -0.15) is 0 Å². The van der Waals surface area contributed by atoms with Gasteiger partial charge in [0.2, 0.25) is 11.8 Å². The topological polar surface area (TPSA) is 66.9 Å². The summed E-state index contributed by atoms with van der Waals surface area (Å²) in [6, 6.07) is 10.1. The van der Waals surface area contributed by atoms with E-state index in [0.717, 1.165) is 6.42 Å². The quantitative estimate of drug-likeness (QED) is 0.748. The largest absolute Gasteiger partial charge is 0.469 e. The van der Waals surface area contributed by atoms with E-state index in [9.17, 15) is 14.4 Å². The third-order valence-corrected chi connectivity index (χ3v) is 5.42. The van der Waals surface area contributed by atoms with Crippen LogP contribution in [0.4, 0.5) is 0 Å². The molecule has 6 heteroatoms. The summed E-state index contributed by atoms with van der Waals surface area (Å²) in [5.41, 5.74) is 1.19. The fraction of sp³-hybridized carbons (Fsp3) is 0.550. The Labute approximate surface area is 154 Å². The standard InChI is InChI=1S/C20H26N2O4/c1-26-20(25)16-8-11-21(12-9-16)19(24)17-13-18(23)22(14-17)10-7-15-5-3-2-4-6-15/h2-6,16-17H,7-14H2,1H3. The van der Waals surface area contributed by atoms with E-state index in [0.29, 0.717) is 45.4 Å². The van der Waals surface area contributed by atoms with Gasteiger partial charge in [-0.05, 0) is 24.8 Å². The van der Waals surface area contributed by atoms with Crippen LogP contribution >= 0.6 is 0 Å². The number of carbonyl (C=O) groups is 3. The molecule has 26 heavy (non-hydrogen) atoms. The Morgan fingerprint density at radius 1 is 1.12 bits per heavy atom. The number of likely N-dealkylation sites (tertiary alicyclic amines) is 2. The van der Waals surface area contributed by atoms with Crippen LogP contribution in [-0.4, -0.2) is 60.9 Å². The molecule has 6 nitrogen and oxygen atoms in total. The van der Waals surface area contributed by atoms with Crippen LogP contribution in [0, 0.1) is 11.8 Å². The first kappa shape index (κ1) is 18.4. The molecule has 1 aromatic rings. The first-order chi connectivity index (χ1) is 12.6. The third-order valence-electron chi connectivity index (χ3n) is 5.42. The molecule has 0 saturated carbocycles. The minimum absolute atomic E-state index is 0.0453. The molecule has 0 aliphatic carbocycles.